The predicted octanol–water partition coefficient (Wildman–Crippen LogP) is 1.61. The molecule has 2 rings (SSSR count). The summed E-state index contributed by atoms with van der Waals surface area (Å²) in [5, 5.41) is 10.6. The molecule has 0 aliphatic carbocycles. The molecule has 0 heterocycles. The van der Waals surface area contributed by atoms with E-state index in [1.165, 1.54) is 0 Å². The molecular weight excluding hydrogens is 224 g/mol. The molecule has 0 radical (unpaired) electrons. The van der Waals surface area contributed by atoms with Crippen molar-refractivity contribution in [2.24, 2.45) is 0 Å². The third-order valence-electron chi connectivity index (χ3n) is 2.44. The molecule has 0 saturated carbocycles. The average molecular weight is 236 g/mol. The minimum absolute atomic E-state index is 0.231. The molecule has 1 N–H and O–H groups in total. The number of benzene rings is 2. The van der Waals surface area contributed by atoms with Crippen LogP contribution in [0.3, 0.4) is 0 Å². The highest BCUT2D eigenvalue weighted by Crippen LogP contribution is 2.19. The van der Waals surface area contributed by atoms with Gasteiger partial charge in [0.15, 0.2) is 9.84 Å². The quantitative estimate of drug-likeness (QED) is 0.880. The molecule has 4 heteroatoms. The summed E-state index contributed by atoms with van der Waals surface area (Å²) in [6.07, 6.45) is 0. The molecule has 0 fully saturated rings. The first kappa shape index (κ1) is 11.1. The number of sulfone groups is 1. The van der Waals surface area contributed by atoms with Crippen molar-refractivity contribution in [2.45, 2.75) is 4.90 Å². The van der Waals surface area contributed by atoms with Crippen molar-refractivity contribution in [2.75, 3.05) is 12.4 Å². The minimum atomic E-state index is -3.35. The molecule has 0 amide bonds. The minimum Gasteiger partial charge on any atom is -0.395 e. The van der Waals surface area contributed by atoms with Crippen LogP contribution in [0.2, 0.25) is 0 Å². The average Bonchev–Trinajstić information content (AvgIpc) is 2.28. The molecule has 0 aliphatic rings. The van der Waals surface area contributed by atoms with Crippen molar-refractivity contribution < 1.29 is 13.5 Å². The molecule has 3 nitrogen and oxygen atoms in total. The smallest absolute Gasteiger partial charge is 0.180 e. The second-order valence-electron chi connectivity index (χ2n) is 3.55. The van der Waals surface area contributed by atoms with Crippen molar-refractivity contribution >= 4 is 20.6 Å². The molecule has 0 unspecified atom stereocenters. The van der Waals surface area contributed by atoms with Crippen LogP contribution in [-0.2, 0) is 9.84 Å². The summed E-state index contributed by atoms with van der Waals surface area (Å²) < 4.78 is 23.4. The van der Waals surface area contributed by atoms with Crippen LogP contribution in [0.15, 0.2) is 47.4 Å². The highest BCUT2D eigenvalue weighted by Gasteiger charge is 2.13. The van der Waals surface area contributed by atoms with Gasteiger partial charge in [0.05, 0.1) is 17.3 Å². The van der Waals surface area contributed by atoms with E-state index in [2.05, 4.69) is 0 Å². The predicted molar refractivity (Wildman–Crippen MR) is 63.1 cm³/mol. The maximum Gasteiger partial charge on any atom is 0.180 e. The molecule has 84 valence electrons. The number of aliphatic hydroxyl groups is 1. The Morgan fingerprint density at radius 1 is 1.00 bits per heavy atom. The molecule has 0 aromatic heterocycles. The van der Waals surface area contributed by atoms with Crippen LogP contribution >= 0.6 is 0 Å². The first-order valence-electron chi connectivity index (χ1n) is 4.96. The van der Waals surface area contributed by atoms with Crippen molar-refractivity contribution in [3.05, 3.63) is 42.5 Å². The van der Waals surface area contributed by atoms with Gasteiger partial charge in [-0.15, -0.1) is 0 Å². The summed E-state index contributed by atoms with van der Waals surface area (Å²) in [6.45, 7) is -0.352. The summed E-state index contributed by atoms with van der Waals surface area (Å²) in [7, 11) is -3.35. The Bertz CT molecular complexity index is 602. The van der Waals surface area contributed by atoms with Crippen LogP contribution in [0.4, 0.5) is 0 Å². The molecular formula is C12H12O3S. The summed E-state index contributed by atoms with van der Waals surface area (Å²) in [5.41, 5.74) is 0. The lowest BCUT2D eigenvalue weighted by Crippen LogP contribution is -2.09. The Hall–Kier alpha value is -1.39. The molecule has 2 aromatic rings. The lowest BCUT2D eigenvalue weighted by atomic mass is 10.1. The maximum absolute atomic E-state index is 11.7. The van der Waals surface area contributed by atoms with E-state index >= 15 is 0 Å². The third-order valence-corrected chi connectivity index (χ3v) is 4.13. The Morgan fingerprint density at radius 2 is 1.69 bits per heavy atom. The van der Waals surface area contributed by atoms with Gasteiger partial charge in [-0.25, -0.2) is 8.42 Å². The van der Waals surface area contributed by atoms with Crippen LogP contribution in [0, 0.1) is 0 Å². The number of hydrogen-bond donors (Lipinski definition) is 1. The van der Waals surface area contributed by atoms with Gasteiger partial charge in [0.1, 0.15) is 0 Å². The molecule has 2 aromatic carbocycles. The molecule has 0 aliphatic heterocycles. The second-order valence-corrected chi connectivity index (χ2v) is 5.66. The highest BCUT2D eigenvalue weighted by atomic mass is 32.2. The van der Waals surface area contributed by atoms with Crippen LogP contribution in [0.1, 0.15) is 0 Å². The van der Waals surface area contributed by atoms with Gasteiger partial charge < -0.3 is 5.11 Å². The summed E-state index contributed by atoms with van der Waals surface area (Å²) >= 11 is 0. The number of fused-ring (bicyclic) bond motifs is 1. The first-order valence-corrected chi connectivity index (χ1v) is 6.61. The Morgan fingerprint density at radius 3 is 2.38 bits per heavy atom. The van der Waals surface area contributed by atoms with E-state index < -0.39 is 9.84 Å². The van der Waals surface area contributed by atoms with E-state index in [1.807, 2.05) is 24.3 Å². The Kier molecular flexibility index (Phi) is 2.94. The van der Waals surface area contributed by atoms with Crippen molar-refractivity contribution in [1.82, 2.24) is 0 Å². The summed E-state index contributed by atoms with van der Waals surface area (Å²) in [6, 6.07) is 12.6. The fourth-order valence-electron chi connectivity index (χ4n) is 1.60. The van der Waals surface area contributed by atoms with Crippen LogP contribution in [0.5, 0.6) is 0 Å². The van der Waals surface area contributed by atoms with Crippen molar-refractivity contribution in [1.29, 1.82) is 0 Å². The Balaban J connectivity index is 2.55. The van der Waals surface area contributed by atoms with E-state index in [-0.39, 0.29) is 17.3 Å². The number of rotatable bonds is 3. The fourth-order valence-corrected chi connectivity index (χ4v) is 2.66. The highest BCUT2D eigenvalue weighted by molar-refractivity contribution is 7.91. The standard InChI is InChI=1S/C12H12O3S/c13-7-8-16(14,15)12-6-5-10-3-1-2-4-11(10)9-12/h1-6,9,13H,7-8H2. The molecule has 0 bridgehead atoms. The molecule has 0 saturated heterocycles. The summed E-state index contributed by atoms with van der Waals surface area (Å²) in [5.74, 6) is -0.231. The van der Waals surface area contributed by atoms with Gasteiger partial charge in [0.25, 0.3) is 0 Å². The normalized spacial score (nSPS) is 11.8. The second kappa shape index (κ2) is 4.23. The molecule has 0 spiro atoms. The first-order chi connectivity index (χ1) is 7.63. The number of hydrogen-bond acceptors (Lipinski definition) is 3. The third kappa shape index (κ3) is 2.08. The van der Waals surface area contributed by atoms with E-state index in [9.17, 15) is 8.42 Å². The van der Waals surface area contributed by atoms with Gasteiger partial charge in [0.2, 0.25) is 0 Å². The zero-order chi connectivity index (χ0) is 11.6. The van der Waals surface area contributed by atoms with Gasteiger partial charge in [-0.2, -0.15) is 0 Å². The van der Waals surface area contributed by atoms with Gasteiger partial charge in [-0.3, -0.25) is 0 Å². The van der Waals surface area contributed by atoms with Gasteiger partial charge in [-0.1, -0.05) is 30.3 Å². The molecule has 16 heavy (non-hydrogen) atoms. The maximum atomic E-state index is 11.7. The number of aliphatic hydroxyl groups excluding tert-OH is 1. The van der Waals surface area contributed by atoms with Crippen LogP contribution in [0.25, 0.3) is 10.8 Å². The van der Waals surface area contributed by atoms with E-state index in [0.29, 0.717) is 0 Å². The molecule has 0 atom stereocenters. The SMILES string of the molecule is O=S(=O)(CCO)c1ccc2ccccc2c1. The van der Waals surface area contributed by atoms with E-state index in [4.69, 9.17) is 5.11 Å². The lowest BCUT2D eigenvalue weighted by molar-refractivity contribution is 0.319. The van der Waals surface area contributed by atoms with E-state index in [1.54, 1.807) is 18.2 Å². The fraction of sp³-hybridized carbons (Fsp3) is 0.167. The topological polar surface area (TPSA) is 54.4 Å². The van der Waals surface area contributed by atoms with Crippen LogP contribution < -0.4 is 0 Å². The van der Waals surface area contributed by atoms with Crippen molar-refractivity contribution in [3.63, 3.8) is 0 Å². The largest absolute Gasteiger partial charge is 0.395 e. The Labute approximate surface area is 94.3 Å². The van der Waals surface area contributed by atoms with Crippen molar-refractivity contribution in [3.8, 4) is 0 Å². The van der Waals surface area contributed by atoms with E-state index in [0.717, 1.165) is 10.8 Å². The van der Waals surface area contributed by atoms with Gasteiger partial charge in [-0.05, 0) is 22.9 Å². The van der Waals surface area contributed by atoms with Gasteiger partial charge in [0, 0.05) is 0 Å². The zero-order valence-corrected chi connectivity index (χ0v) is 9.44. The lowest BCUT2D eigenvalue weighted by Gasteiger charge is -2.04. The van der Waals surface area contributed by atoms with Crippen LogP contribution in [-0.4, -0.2) is 25.9 Å². The van der Waals surface area contributed by atoms with Gasteiger partial charge >= 0.3 is 0 Å². The zero-order valence-electron chi connectivity index (χ0n) is 8.63. The summed E-state index contributed by atoms with van der Waals surface area (Å²) in [4.78, 5) is 0.264. The monoisotopic (exact) mass is 236 g/mol.